The van der Waals surface area contributed by atoms with E-state index in [1.54, 1.807) is 25.1 Å². The van der Waals surface area contributed by atoms with Crippen LogP contribution in [0.25, 0.3) is 5.78 Å². The summed E-state index contributed by atoms with van der Waals surface area (Å²) in [5.41, 5.74) is 3.21. The van der Waals surface area contributed by atoms with E-state index in [-0.39, 0.29) is 17.4 Å². The normalized spacial score (nSPS) is 13.5. The van der Waals surface area contributed by atoms with Crippen LogP contribution in [0.2, 0.25) is 0 Å². The van der Waals surface area contributed by atoms with Gasteiger partial charge >= 0.3 is 5.97 Å². The number of carbonyl (C=O) groups excluding carboxylic acids is 2. The van der Waals surface area contributed by atoms with Crippen molar-refractivity contribution in [1.29, 1.82) is 0 Å². The third-order valence-corrected chi connectivity index (χ3v) is 6.87. The maximum atomic E-state index is 12.5. The summed E-state index contributed by atoms with van der Waals surface area (Å²) in [5.74, 6) is -1.11. The minimum absolute atomic E-state index is 0.00871. The first-order valence-electron chi connectivity index (χ1n) is 9.74. The molecule has 4 rings (SSSR count). The van der Waals surface area contributed by atoms with Gasteiger partial charge in [-0.3, -0.25) is 9.10 Å². The van der Waals surface area contributed by atoms with E-state index in [9.17, 15) is 18.0 Å². The van der Waals surface area contributed by atoms with Crippen LogP contribution in [-0.2, 0) is 21.2 Å². The summed E-state index contributed by atoms with van der Waals surface area (Å²) in [6.45, 7) is 5.10. The van der Waals surface area contributed by atoms with Crippen molar-refractivity contribution in [2.75, 3.05) is 23.2 Å². The summed E-state index contributed by atoms with van der Waals surface area (Å²) in [6, 6.07) is 6.61. The highest BCUT2D eigenvalue weighted by Gasteiger charge is 2.28. The van der Waals surface area contributed by atoms with Gasteiger partial charge in [0.2, 0.25) is 10.0 Å². The van der Waals surface area contributed by atoms with Crippen LogP contribution in [0.4, 0.5) is 5.69 Å². The Balaban J connectivity index is 1.46. The summed E-state index contributed by atoms with van der Waals surface area (Å²) in [4.78, 5) is 33.1. The van der Waals surface area contributed by atoms with E-state index in [1.165, 1.54) is 14.9 Å². The van der Waals surface area contributed by atoms with Crippen molar-refractivity contribution in [2.24, 2.45) is 0 Å². The average Bonchev–Trinajstić information content (AvgIpc) is 3.36. The van der Waals surface area contributed by atoms with Crippen LogP contribution in [0.15, 0.2) is 24.3 Å². The van der Waals surface area contributed by atoms with E-state index in [4.69, 9.17) is 4.74 Å². The second kappa shape index (κ2) is 7.73. The van der Waals surface area contributed by atoms with Crippen LogP contribution in [0.3, 0.4) is 0 Å². The highest BCUT2D eigenvalue weighted by atomic mass is 32.2. The van der Waals surface area contributed by atoms with E-state index in [0.717, 1.165) is 17.0 Å². The molecule has 0 unspecified atom stereocenters. The number of aryl methyl sites for hydroxylation is 2. The predicted octanol–water partition coefficient (Wildman–Crippen LogP) is 1.49. The lowest BCUT2D eigenvalue weighted by molar-refractivity contribution is 0.0463. The van der Waals surface area contributed by atoms with Gasteiger partial charge in [-0.15, -0.1) is 5.10 Å². The quantitative estimate of drug-likeness (QED) is 0.415. The Hall–Kier alpha value is -3.34. The van der Waals surface area contributed by atoms with Gasteiger partial charge < -0.3 is 4.74 Å². The summed E-state index contributed by atoms with van der Waals surface area (Å²) < 4.78 is 32.3. The fourth-order valence-corrected chi connectivity index (χ4v) is 4.68. The molecule has 0 saturated heterocycles. The van der Waals surface area contributed by atoms with E-state index < -0.39 is 28.4 Å². The number of hydrogen-bond donors (Lipinski definition) is 0. The molecule has 0 saturated carbocycles. The maximum Gasteiger partial charge on any atom is 0.378 e. The molecule has 0 fully saturated rings. The lowest BCUT2D eigenvalue weighted by Gasteiger charge is -2.18. The van der Waals surface area contributed by atoms with Gasteiger partial charge in [0.1, 0.15) is 0 Å². The molecule has 0 N–H and O–H groups in total. The first-order valence-corrected chi connectivity index (χ1v) is 11.3. The molecule has 1 aliphatic rings. The van der Waals surface area contributed by atoms with Crippen molar-refractivity contribution >= 4 is 33.2 Å². The molecular weight excluding hydrogens is 422 g/mol. The van der Waals surface area contributed by atoms with Crippen molar-refractivity contribution in [3.8, 4) is 0 Å². The minimum atomic E-state index is -3.36. The monoisotopic (exact) mass is 443 g/mol. The Morgan fingerprint density at radius 2 is 1.94 bits per heavy atom. The van der Waals surface area contributed by atoms with E-state index >= 15 is 0 Å². The highest BCUT2D eigenvalue weighted by molar-refractivity contribution is 7.92. The first kappa shape index (κ1) is 20.9. The molecule has 1 aliphatic heterocycles. The zero-order chi connectivity index (χ0) is 22.3. The van der Waals surface area contributed by atoms with Gasteiger partial charge in [0.25, 0.3) is 11.6 Å². The van der Waals surface area contributed by atoms with Crippen LogP contribution in [0.1, 0.15) is 44.9 Å². The predicted molar refractivity (Wildman–Crippen MR) is 112 cm³/mol. The van der Waals surface area contributed by atoms with Crippen LogP contribution in [0, 0.1) is 13.8 Å². The van der Waals surface area contributed by atoms with Crippen molar-refractivity contribution in [3.05, 3.63) is 52.6 Å². The zero-order valence-corrected chi connectivity index (χ0v) is 18.1. The lowest BCUT2D eigenvalue weighted by atomic mass is 10.1. The molecule has 1 aromatic carbocycles. The minimum Gasteiger partial charge on any atom is -0.451 e. The van der Waals surface area contributed by atoms with Gasteiger partial charge in [-0.2, -0.15) is 4.98 Å². The van der Waals surface area contributed by atoms with Gasteiger partial charge in [0, 0.05) is 23.5 Å². The number of ether oxygens (including phenoxy) is 1. The van der Waals surface area contributed by atoms with Crippen LogP contribution >= 0.6 is 0 Å². The number of aromatic nitrogens is 4. The Kier molecular flexibility index (Phi) is 5.21. The summed E-state index contributed by atoms with van der Waals surface area (Å²) in [5, 5.41) is 4.09. The van der Waals surface area contributed by atoms with E-state index in [0.29, 0.717) is 24.2 Å². The van der Waals surface area contributed by atoms with Crippen molar-refractivity contribution < 1.29 is 22.7 Å². The average molecular weight is 443 g/mol. The number of esters is 1. The zero-order valence-electron chi connectivity index (χ0n) is 17.3. The number of benzene rings is 1. The lowest BCUT2D eigenvalue weighted by Crippen LogP contribution is -2.30. The third kappa shape index (κ3) is 3.88. The van der Waals surface area contributed by atoms with Crippen molar-refractivity contribution in [3.63, 3.8) is 0 Å². The number of sulfonamides is 1. The van der Waals surface area contributed by atoms with Gasteiger partial charge in [-0.25, -0.2) is 22.7 Å². The molecule has 3 heterocycles. The molecular formula is C20H21N5O5S. The largest absolute Gasteiger partial charge is 0.451 e. The van der Waals surface area contributed by atoms with Crippen LogP contribution < -0.4 is 4.31 Å². The number of ketones is 1. The van der Waals surface area contributed by atoms with Crippen LogP contribution in [0.5, 0.6) is 0 Å². The molecule has 31 heavy (non-hydrogen) atoms. The fraction of sp³-hybridized carbons (Fsp3) is 0.350. The SMILES string of the molecule is CCS(=O)(=O)N1CCc2cc(C(=O)COC(=O)c3nc4nc(C)cc(C)n4n3)ccc21. The van der Waals surface area contributed by atoms with Gasteiger partial charge in [0.15, 0.2) is 12.4 Å². The molecule has 3 aromatic rings. The van der Waals surface area contributed by atoms with E-state index in [1.807, 2.05) is 13.8 Å². The number of nitrogens with zero attached hydrogens (tertiary/aromatic N) is 5. The van der Waals surface area contributed by atoms with Crippen LogP contribution in [-0.4, -0.2) is 58.7 Å². The molecule has 11 heteroatoms. The standard InChI is InChI=1S/C20H21N5O5S/c1-4-31(28,29)24-8-7-14-10-15(5-6-16(14)24)17(26)11-30-19(27)18-22-20-21-12(2)9-13(3)25(20)23-18/h5-6,9-10H,4,7-8,11H2,1-3H3. The summed E-state index contributed by atoms with van der Waals surface area (Å²) in [6.07, 6.45) is 0.520. The molecule has 0 amide bonds. The Morgan fingerprint density at radius 1 is 1.16 bits per heavy atom. The number of rotatable bonds is 6. The summed E-state index contributed by atoms with van der Waals surface area (Å²) in [7, 11) is -3.36. The molecule has 0 bridgehead atoms. The maximum absolute atomic E-state index is 12.5. The smallest absolute Gasteiger partial charge is 0.378 e. The second-order valence-electron chi connectivity index (χ2n) is 7.25. The first-order chi connectivity index (χ1) is 14.7. The second-order valence-corrected chi connectivity index (χ2v) is 9.43. The topological polar surface area (TPSA) is 124 Å². The highest BCUT2D eigenvalue weighted by Crippen LogP contribution is 2.31. The molecule has 10 nitrogen and oxygen atoms in total. The Bertz CT molecular complexity index is 1310. The molecule has 0 radical (unpaired) electrons. The van der Waals surface area contributed by atoms with Crippen molar-refractivity contribution in [2.45, 2.75) is 27.2 Å². The fourth-order valence-electron chi connectivity index (χ4n) is 3.52. The number of fused-ring (bicyclic) bond motifs is 2. The van der Waals surface area contributed by atoms with Gasteiger partial charge in [-0.1, -0.05) is 0 Å². The Labute approximate surface area is 178 Å². The van der Waals surface area contributed by atoms with Crippen molar-refractivity contribution in [1.82, 2.24) is 19.6 Å². The third-order valence-electron chi connectivity index (χ3n) is 5.09. The number of hydrogen-bond acceptors (Lipinski definition) is 8. The molecule has 0 atom stereocenters. The van der Waals surface area contributed by atoms with E-state index in [2.05, 4.69) is 15.1 Å². The number of carbonyl (C=O) groups is 2. The number of anilines is 1. The van der Waals surface area contributed by atoms with Gasteiger partial charge in [0.05, 0.1) is 11.4 Å². The molecule has 0 spiro atoms. The Morgan fingerprint density at radius 3 is 2.68 bits per heavy atom. The number of Topliss-reactive ketones (excluding diaryl/α,β-unsaturated/α-hetero) is 1. The molecule has 162 valence electrons. The molecule has 2 aromatic heterocycles. The molecule has 0 aliphatic carbocycles. The summed E-state index contributed by atoms with van der Waals surface area (Å²) >= 11 is 0. The van der Waals surface area contributed by atoms with Gasteiger partial charge in [-0.05, 0) is 57.0 Å².